The summed E-state index contributed by atoms with van der Waals surface area (Å²) >= 11 is 0. The summed E-state index contributed by atoms with van der Waals surface area (Å²) in [4.78, 5) is 4.47. The standard InChI is InChI=1S/C32H35F3N8O3S/c1-18(19-5-8-22(33)9-6-19)46-26-13-20(7-10-25(26)41-47(44,45)31(34)35)28-27-29(42(4)40-28)24(16-37-30(27)36)21-15-39-43(17-21)23-11-12-38-32(2,3)14-23/h5-10,13,15-18,23,31,38,41H,11-12,14H2,1-4H3,(H2,36,37)/t18-,23?/m0/s1. The lowest BCUT2D eigenvalue weighted by molar-refractivity contribution is 0.221. The molecule has 2 atom stereocenters. The highest BCUT2D eigenvalue weighted by molar-refractivity contribution is 7.93. The Morgan fingerprint density at radius 1 is 1.13 bits per heavy atom. The highest BCUT2D eigenvalue weighted by atomic mass is 32.2. The van der Waals surface area contributed by atoms with Crippen LogP contribution >= 0.6 is 0 Å². The Labute approximate surface area is 270 Å². The Kier molecular flexibility index (Phi) is 8.38. The molecule has 0 aliphatic carbocycles. The maximum Gasteiger partial charge on any atom is 0.355 e. The average molecular weight is 669 g/mol. The molecule has 0 bridgehead atoms. The van der Waals surface area contributed by atoms with Crippen molar-refractivity contribution in [1.29, 1.82) is 0 Å². The molecule has 1 unspecified atom stereocenters. The number of aromatic nitrogens is 5. The van der Waals surface area contributed by atoms with E-state index in [1.54, 1.807) is 31.0 Å². The number of anilines is 2. The minimum Gasteiger partial charge on any atom is -0.484 e. The van der Waals surface area contributed by atoms with Crippen LogP contribution in [0.4, 0.5) is 24.7 Å². The maximum absolute atomic E-state index is 13.5. The van der Waals surface area contributed by atoms with E-state index in [0.717, 1.165) is 30.5 Å². The first kappa shape index (κ1) is 32.3. The third kappa shape index (κ3) is 6.49. The SMILES string of the molecule is C[C@H](Oc1cc(-c2nn(C)c3c(-c4cnn(C5CCNC(C)(C)C5)c4)cnc(N)c23)ccc1NS(=O)(=O)C(F)F)c1ccc(F)cc1. The van der Waals surface area contributed by atoms with E-state index in [-0.39, 0.29) is 28.8 Å². The van der Waals surface area contributed by atoms with Crippen molar-refractivity contribution in [3.8, 4) is 28.1 Å². The van der Waals surface area contributed by atoms with Crippen molar-refractivity contribution in [2.24, 2.45) is 7.05 Å². The molecule has 6 rings (SSSR count). The van der Waals surface area contributed by atoms with Crippen LogP contribution in [0.3, 0.4) is 0 Å². The fraction of sp³-hybridized carbons (Fsp3) is 0.344. The number of nitrogens with zero attached hydrogens (tertiary/aromatic N) is 5. The van der Waals surface area contributed by atoms with Gasteiger partial charge >= 0.3 is 5.76 Å². The van der Waals surface area contributed by atoms with Crippen molar-refractivity contribution in [2.75, 3.05) is 17.0 Å². The summed E-state index contributed by atoms with van der Waals surface area (Å²) in [7, 11) is -3.25. The van der Waals surface area contributed by atoms with Gasteiger partial charge in [-0.05, 0) is 70.0 Å². The van der Waals surface area contributed by atoms with E-state index in [1.807, 2.05) is 15.6 Å². The normalized spacial score (nSPS) is 17.2. The fourth-order valence-corrected chi connectivity index (χ4v) is 6.60. The van der Waals surface area contributed by atoms with E-state index in [1.165, 1.54) is 42.5 Å². The van der Waals surface area contributed by atoms with Crippen molar-refractivity contribution in [2.45, 2.75) is 57.1 Å². The number of benzene rings is 2. The van der Waals surface area contributed by atoms with Gasteiger partial charge in [0.2, 0.25) is 0 Å². The first-order chi connectivity index (χ1) is 22.2. The summed E-state index contributed by atoms with van der Waals surface area (Å²) in [5.41, 5.74) is 9.98. The molecule has 0 spiro atoms. The number of aryl methyl sites for hydroxylation is 1. The number of fused-ring (bicyclic) bond motifs is 1. The van der Waals surface area contributed by atoms with Crippen LogP contribution in [-0.4, -0.2) is 50.8 Å². The van der Waals surface area contributed by atoms with Gasteiger partial charge in [-0.2, -0.15) is 19.0 Å². The third-order valence-corrected chi connectivity index (χ3v) is 9.36. The number of halogens is 3. The molecule has 2 aromatic carbocycles. The number of piperidine rings is 1. The molecule has 47 heavy (non-hydrogen) atoms. The molecular weight excluding hydrogens is 633 g/mol. The van der Waals surface area contributed by atoms with Crippen molar-refractivity contribution in [3.05, 3.63) is 72.4 Å². The molecule has 3 aromatic heterocycles. The van der Waals surface area contributed by atoms with E-state index in [2.05, 4.69) is 29.2 Å². The van der Waals surface area contributed by atoms with Gasteiger partial charge < -0.3 is 15.8 Å². The van der Waals surface area contributed by atoms with Gasteiger partial charge in [0.25, 0.3) is 10.0 Å². The zero-order chi connectivity index (χ0) is 33.7. The summed E-state index contributed by atoms with van der Waals surface area (Å²) in [6.07, 6.45) is 6.63. The number of pyridine rings is 1. The highest BCUT2D eigenvalue weighted by Crippen LogP contribution is 2.41. The molecule has 248 valence electrons. The van der Waals surface area contributed by atoms with Crippen molar-refractivity contribution in [3.63, 3.8) is 0 Å². The van der Waals surface area contributed by atoms with Crippen LogP contribution < -0.4 is 20.5 Å². The molecule has 0 radical (unpaired) electrons. The predicted octanol–water partition coefficient (Wildman–Crippen LogP) is 6.03. The summed E-state index contributed by atoms with van der Waals surface area (Å²) in [6, 6.07) is 10.1. The number of hydrogen-bond donors (Lipinski definition) is 3. The van der Waals surface area contributed by atoms with Gasteiger partial charge in [-0.15, -0.1) is 0 Å². The molecule has 0 saturated carbocycles. The smallest absolute Gasteiger partial charge is 0.355 e. The Hall–Kier alpha value is -4.63. The lowest BCUT2D eigenvalue weighted by Crippen LogP contribution is -2.46. The minimum absolute atomic E-state index is 0.00389. The minimum atomic E-state index is -5.02. The molecule has 0 amide bonds. The second kappa shape index (κ2) is 12.2. The van der Waals surface area contributed by atoms with E-state index in [9.17, 15) is 21.6 Å². The average Bonchev–Trinajstić information content (AvgIpc) is 3.64. The van der Waals surface area contributed by atoms with E-state index in [4.69, 9.17) is 15.6 Å². The van der Waals surface area contributed by atoms with Gasteiger partial charge in [-0.25, -0.2) is 17.8 Å². The largest absolute Gasteiger partial charge is 0.484 e. The quantitative estimate of drug-likeness (QED) is 0.173. The third-order valence-electron chi connectivity index (χ3n) is 8.39. The van der Waals surface area contributed by atoms with Crippen molar-refractivity contribution in [1.82, 2.24) is 29.9 Å². The number of hydrogen-bond acceptors (Lipinski definition) is 8. The zero-order valence-corrected chi connectivity index (χ0v) is 27.0. The maximum atomic E-state index is 13.5. The van der Waals surface area contributed by atoms with Crippen LogP contribution in [0.15, 0.2) is 61.1 Å². The lowest BCUT2D eigenvalue weighted by Gasteiger charge is -2.36. The molecule has 4 heterocycles. The molecule has 5 aromatic rings. The van der Waals surface area contributed by atoms with Gasteiger partial charge in [-0.3, -0.25) is 14.1 Å². The number of nitrogens with two attached hydrogens (primary N) is 1. The lowest BCUT2D eigenvalue weighted by atomic mass is 9.89. The molecular formula is C32H35F3N8O3S. The van der Waals surface area contributed by atoms with E-state index in [0.29, 0.717) is 27.7 Å². The number of sulfonamides is 1. The number of alkyl halides is 2. The number of nitrogens with one attached hydrogen (secondary N) is 2. The Morgan fingerprint density at radius 3 is 2.57 bits per heavy atom. The zero-order valence-electron chi connectivity index (χ0n) is 26.2. The Balaban J connectivity index is 1.41. The van der Waals surface area contributed by atoms with Gasteiger partial charge in [0.15, 0.2) is 0 Å². The van der Waals surface area contributed by atoms with Crippen LogP contribution in [0, 0.1) is 5.82 Å². The van der Waals surface area contributed by atoms with Gasteiger partial charge in [-0.1, -0.05) is 18.2 Å². The molecule has 1 saturated heterocycles. The van der Waals surface area contributed by atoms with Crippen LogP contribution in [-0.2, 0) is 17.1 Å². The first-order valence-electron chi connectivity index (χ1n) is 15.0. The van der Waals surface area contributed by atoms with Crippen LogP contribution in [0.1, 0.15) is 51.3 Å². The summed E-state index contributed by atoms with van der Waals surface area (Å²) in [5.74, 6) is -3.94. The molecule has 1 aliphatic rings. The Morgan fingerprint density at radius 2 is 1.87 bits per heavy atom. The molecule has 4 N–H and O–H groups in total. The van der Waals surface area contributed by atoms with Crippen LogP contribution in [0.2, 0.25) is 0 Å². The van der Waals surface area contributed by atoms with E-state index < -0.39 is 27.7 Å². The summed E-state index contributed by atoms with van der Waals surface area (Å²) < 4.78 is 76.1. The Bertz CT molecular complexity index is 2040. The van der Waals surface area contributed by atoms with Crippen LogP contribution in [0.5, 0.6) is 5.75 Å². The van der Waals surface area contributed by atoms with Gasteiger partial charge in [0, 0.05) is 41.7 Å². The fourth-order valence-electron chi connectivity index (χ4n) is 6.03. The summed E-state index contributed by atoms with van der Waals surface area (Å²) in [5, 5.41) is 13.5. The molecule has 1 fully saturated rings. The monoisotopic (exact) mass is 668 g/mol. The van der Waals surface area contributed by atoms with Gasteiger partial charge in [0.1, 0.15) is 29.2 Å². The topological polar surface area (TPSA) is 142 Å². The van der Waals surface area contributed by atoms with Gasteiger partial charge in [0.05, 0.1) is 28.8 Å². The molecule has 1 aliphatic heterocycles. The second-order valence-electron chi connectivity index (χ2n) is 12.3. The predicted molar refractivity (Wildman–Crippen MR) is 174 cm³/mol. The molecule has 15 heteroatoms. The highest BCUT2D eigenvalue weighted by Gasteiger charge is 2.30. The first-order valence-corrected chi connectivity index (χ1v) is 16.5. The van der Waals surface area contributed by atoms with Crippen molar-refractivity contribution >= 4 is 32.4 Å². The second-order valence-corrected chi connectivity index (χ2v) is 14.0. The number of ether oxygens (including phenoxy) is 1. The number of nitrogen functional groups attached to an aromatic ring is 1. The number of rotatable bonds is 9. The van der Waals surface area contributed by atoms with E-state index >= 15 is 0 Å². The van der Waals surface area contributed by atoms with Crippen molar-refractivity contribution < 1.29 is 26.3 Å². The summed E-state index contributed by atoms with van der Waals surface area (Å²) in [6.45, 7) is 6.91. The molecule has 11 nitrogen and oxygen atoms in total. The van der Waals surface area contributed by atoms with Crippen LogP contribution in [0.25, 0.3) is 33.3 Å².